The van der Waals surface area contributed by atoms with Crippen LogP contribution in [0.4, 0.5) is 0 Å². The Kier molecular flexibility index (Phi) is 3.22. The molecule has 2 unspecified atom stereocenters. The minimum absolute atomic E-state index is 0.292. The SMILES string of the molecule is CC1(C)CCCC(O)(C2(C#N)CCOC2)CC1. The zero-order valence-corrected chi connectivity index (χ0v) is 11.0. The van der Waals surface area contributed by atoms with E-state index in [-0.39, 0.29) is 0 Å². The summed E-state index contributed by atoms with van der Waals surface area (Å²) >= 11 is 0. The fraction of sp³-hybridized carbons (Fsp3) is 0.929. The minimum atomic E-state index is -0.841. The van der Waals surface area contributed by atoms with E-state index in [9.17, 15) is 10.4 Å². The summed E-state index contributed by atoms with van der Waals surface area (Å²) in [5, 5.41) is 20.4. The van der Waals surface area contributed by atoms with Gasteiger partial charge in [-0.2, -0.15) is 5.26 Å². The first kappa shape index (κ1) is 12.9. The first-order chi connectivity index (χ1) is 7.93. The van der Waals surface area contributed by atoms with E-state index >= 15 is 0 Å². The maximum atomic E-state index is 10.9. The molecule has 0 amide bonds. The van der Waals surface area contributed by atoms with E-state index in [1.807, 2.05) is 0 Å². The highest BCUT2D eigenvalue weighted by Gasteiger charge is 2.53. The van der Waals surface area contributed by atoms with Crippen LogP contribution in [0.15, 0.2) is 0 Å². The molecule has 0 aromatic rings. The fourth-order valence-corrected chi connectivity index (χ4v) is 3.26. The molecule has 2 atom stereocenters. The molecule has 1 aliphatic heterocycles. The number of hydrogen-bond donors (Lipinski definition) is 1. The smallest absolute Gasteiger partial charge is 0.111 e. The summed E-state index contributed by atoms with van der Waals surface area (Å²) in [7, 11) is 0. The highest BCUT2D eigenvalue weighted by atomic mass is 16.5. The van der Waals surface area contributed by atoms with Gasteiger partial charge in [0, 0.05) is 6.61 Å². The average molecular weight is 237 g/mol. The van der Waals surface area contributed by atoms with Gasteiger partial charge in [-0.15, -0.1) is 0 Å². The summed E-state index contributed by atoms with van der Waals surface area (Å²) in [5.74, 6) is 0. The van der Waals surface area contributed by atoms with Gasteiger partial charge in [0.05, 0.1) is 18.3 Å². The van der Waals surface area contributed by atoms with Crippen molar-refractivity contribution in [2.75, 3.05) is 13.2 Å². The highest BCUT2D eigenvalue weighted by Crippen LogP contribution is 2.49. The molecule has 0 bridgehead atoms. The standard InChI is InChI=1S/C14H23NO2/c1-12(2)4-3-5-14(16,7-6-12)13(10-15)8-9-17-11-13/h16H,3-9,11H2,1-2H3. The topological polar surface area (TPSA) is 53.2 Å². The molecule has 2 fully saturated rings. The van der Waals surface area contributed by atoms with Gasteiger partial charge >= 0.3 is 0 Å². The molecule has 3 nitrogen and oxygen atoms in total. The van der Waals surface area contributed by atoms with E-state index in [0.717, 1.165) is 32.1 Å². The van der Waals surface area contributed by atoms with Gasteiger partial charge in [-0.1, -0.05) is 20.3 Å². The Hall–Kier alpha value is -0.590. The first-order valence-corrected chi connectivity index (χ1v) is 6.65. The van der Waals surface area contributed by atoms with Crippen molar-refractivity contribution in [3.63, 3.8) is 0 Å². The molecular formula is C14H23NO2. The van der Waals surface area contributed by atoms with E-state index in [1.165, 1.54) is 0 Å². The molecule has 96 valence electrons. The Morgan fingerprint density at radius 3 is 2.47 bits per heavy atom. The van der Waals surface area contributed by atoms with E-state index < -0.39 is 11.0 Å². The van der Waals surface area contributed by atoms with Crippen LogP contribution in [0.3, 0.4) is 0 Å². The van der Waals surface area contributed by atoms with Crippen LogP contribution in [-0.4, -0.2) is 23.9 Å². The lowest BCUT2D eigenvalue weighted by atomic mass is 9.68. The van der Waals surface area contributed by atoms with Crippen LogP contribution >= 0.6 is 0 Å². The predicted molar refractivity (Wildman–Crippen MR) is 65.3 cm³/mol. The van der Waals surface area contributed by atoms with Gasteiger partial charge in [-0.3, -0.25) is 0 Å². The quantitative estimate of drug-likeness (QED) is 0.713. The summed E-state index contributed by atoms with van der Waals surface area (Å²) in [4.78, 5) is 0. The number of rotatable bonds is 1. The number of nitriles is 1. The third-order valence-corrected chi connectivity index (χ3v) is 4.79. The molecule has 1 N–H and O–H groups in total. The van der Waals surface area contributed by atoms with Gasteiger partial charge < -0.3 is 9.84 Å². The summed E-state index contributed by atoms with van der Waals surface area (Å²) in [6.07, 6.45) is 5.29. The largest absolute Gasteiger partial charge is 0.388 e. The maximum Gasteiger partial charge on any atom is 0.111 e. The lowest BCUT2D eigenvalue weighted by molar-refractivity contribution is -0.0708. The first-order valence-electron chi connectivity index (χ1n) is 6.65. The van der Waals surface area contributed by atoms with Crippen molar-refractivity contribution in [2.45, 2.75) is 58.0 Å². The summed E-state index contributed by atoms with van der Waals surface area (Å²) in [6.45, 7) is 5.52. The normalized spacial score (nSPS) is 41.8. The zero-order chi connectivity index (χ0) is 12.6. The monoisotopic (exact) mass is 237 g/mol. The molecule has 1 saturated heterocycles. The molecule has 3 heteroatoms. The van der Waals surface area contributed by atoms with E-state index in [0.29, 0.717) is 25.0 Å². The van der Waals surface area contributed by atoms with Crippen LogP contribution < -0.4 is 0 Å². The summed E-state index contributed by atoms with van der Waals surface area (Å²) in [5.41, 5.74) is -1.21. The minimum Gasteiger partial charge on any atom is -0.388 e. The summed E-state index contributed by atoms with van der Waals surface area (Å²) in [6, 6.07) is 2.37. The number of hydrogen-bond acceptors (Lipinski definition) is 3. The molecule has 2 rings (SSSR count). The van der Waals surface area contributed by atoms with Crippen molar-refractivity contribution in [3.05, 3.63) is 0 Å². The Morgan fingerprint density at radius 2 is 1.88 bits per heavy atom. The van der Waals surface area contributed by atoms with Crippen molar-refractivity contribution in [2.24, 2.45) is 10.8 Å². The number of ether oxygens (including phenoxy) is 1. The highest BCUT2D eigenvalue weighted by molar-refractivity contribution is 5.14. The molecule has 0 aromatic heterocycles. The lowest BCUT2D eigenvalue weighted by Crippen LogP contribution is -2.48. The molecule has 0 spiro atoms. The Bertz CT molecular complexity index is 326. The van der Waals surface area contributed by atoms with Crippen LogP contribution in [0.5, 0.6) is 0 Å². The lowest BCUT2D eigenvalue weighted by Gasteiger charge is -2.39. The molecule has 1 saturated carbocycles. The van der Waals surface area contributed by atoms with Crippen molar-refractivity contribution in [1.29, 1.82) is 5.26 Å². The second-order valence-corrected chi connectivity index (χ2v) is 6.55. The van der Waals surface area contributed by atoms with Crippen LogP contribution in [0.2, 0.25) is 0 Å². The van der Waals surface area contributed by atoms with Crippen LogP contribution in [-0.2, 0) is 4.74 Å². The molecule has 0 aromatic carbocycles. The van der Waals surface area contributed by atoms with Crippen LogP contribution in [0, 0.1) is 22.2 Å². The molecule has 17 heavy (non-hydrogen) atoms. The maximum absolute atomic E-state index is 10.9. The second-order valence-electron chi connectivity index (χ2n) is 6.55. The van der Waals surface area contributed by atoms with Gasteiger partial charge in [0.1, 0.15) is 5.41 Å². The van der Waals surface area contributed by atoms with E-state index in [1.54, 1.807) is 0 Å². The Morgan fingerprint density at radius 1 is 1.12 bits per heavy atom. The third kappa shape index (κ3) is 2.21. The van der Waals surface area contributed by atoms with Crippen molar-refractivity contribution < 1.29 is 9.84 Å². The van der Waals surface area contributed by atoms with E-state index in [4.69, 9.17) is 4.74 Å². The van der Waals surface area contributed by atoms with E-state index in [2.05, 4.69) is 19.9 Å². The number of aliphatic hydroxyl groups is 1. The zero-order valence-electron chi connectivity index (χ0n) is 11.0. The van der Waals surface area contributed by atoms with Crippen molar-refractivity contribution in [3.8, 4) is 6.07 Å². The van der Waals surface area contributed by atoms with Crippen molar-refractivity contribution in [1.82, 2.24) is 0 Å². The van der Waals surface area contributed by atoms with Gasteiger partial charge in [-0.05, 0) is 37.5 Å². The predicted octanol–water partition coefficient (Wildman–Crippen LogP) is 2.64. The molecular weight excluding hydrogens is 214 g/mol. The van der Waals surface area contributed by atoms with Gasteiger partial charge in [0.15, 0.2) is 0 Å². The number of nitrogens with zero attached hydrogens (tertiary/aromatic N) is 1. The second kappa shape index (κ2) is 4.26. The molecule has 2 aliphatic rings. The van der Waals surface area contributed by atoms with Crippen molar-refractivity contribution >= 4 is 0 Å². The Balaban J connectivity index is 2.21. The molecule has 1 aliphatic carbocycles. The third-order valence-electron chi connectivity index (χ3n) is 4.79. The molecule has 0 radical (unpaired) electrons. The van der Waals surface area contributed by atoms with Crippen LogP contribution in [0.25, 0.3) is 0 Å². The molecule has 1 heterocycles. The van der Waals surface area contributed by atoms with Gasteiger partial charge in [0.25, 0.3) is 0 Å². The van der Waals surface area contributed by atoms with Crippen LogP contribution in [0.1, 0.15) is 52.4 Å². The Labute approximate surface area is 104 Å². The summed E-state index contributed by atoms with van der Waals surface area (Å²) < 4.78 is 5.38. The average Bonchev–Trinajstić information content (AvgIpc) is 2.71. The fourth-order valence-electron chi connectivity index (χ4n) is 3.26. The van der Waals surface area contributed by atoms with Gasteiger partial charge in [-0.25, -0.2) is 0 Å². The van der Waals surface area contributed by atoms with Gasteiger partial charge in [0.2, 0.25) is 0 Å².